The Bertz CT molecular complexity index is 271. The Morgan fingerprint density at radius 1 is 1.44 bits per heavy atom. The minimum Gasteiger partial charge on any atom is -0.326 e. The maximum absolute atomic E-state index is 6.25. The summed E-state index contributed by atoms with van der Waals surface area (Å²) < 4.78 is 0. The number of likely N-dealkylation sites (N-methyl/N-ethyl adjacent to an activating group) is 1. The molecule has 2 unspecified atom stereocenters. The first-order chi connectivity index (χ1) is 7.70. The van der Waals surface area contributed by atoms with Crippen molar-refractivity contribution in [2.45, 2.75) is 45.2 Å². The molecule has 2 nitrogen and oxygen atoms in total. The first-order valence-corrected chi connectivity index (χ1v) is 7.07. The molecule has 0 aliphatic carbocycles. The molecular weight excluding hydrogens is 216 g/mol. The maximum Gasteiger partial charge on any atom is 0.0590 e. The molecule has 0 bridgehead atoms. The molecule has 1 rings (SSSR count). The Hall–Kier alpha value is -0.380. The van der Waals surface area contributed by atoms with Gasteiger partial charge < -0.3 is 5.73 Å². The number of thiophene rings is 1. The third kappa shape index (κ3) is 3.58. The van der Waals surface area contributed by atoms with Crippen LogP contribution in [0.4, 0.5) is 0 Å². The van der Waals surface area contributed by atoms with Crippen molar-refractivity contribution in [2.24, 2.45) is 5.73 Å². The van der Waals surface area contributed by atoms with Crippen LogP contribution in [-0.2, 0) is 0 Å². The molecule has 1 aromatic heterocycles. The van der Waals surface area contributed by atoms with E-state index in [4.69, 9.17) is 5.73 Å². The Balaban J connectivity index is 2.71. The van der Waals surface area contributed by atoms with Crippen LogP contribution in [0, 0.1) is 0 Å². The Morgan fingerprint density at radius 3 is 2.69 bits per heavy atom. The summed E-state index contributed by atoms with van der Waals surface area (Å²) in [4.78, 5) is 3.80. The van der Waals surface area contributed by atoms with Gasteiger partial charge in [-0.3, -0.25) is 4.90 Å². The van der Waals surface area contributed by atoms with E-state index in [1.807, 2.05) is 11.3 Å². The Kier molecular flexibility index (Phi) is 6.03. The lowest BCUT2D eigenvalue weighted by atomic mass is 10.0. The summed E-state index contributed by atoms with van der Waals surface area (Å²) in [7, 11) is 2.19. The van der Waals surface area contributed by atoms with Crippen molar-refractivity contribution in [2.75, 3.05) is 13.6 Å². The highest BCUT2D eigenvalue weighted by Crippen LogP contribution is 2.27. The van der Waals surface area contributed by atoms with Crippen molar-refractivity contribution in [3.63, 3.8) is 0 Å². The molecule has 16 heavy (non-hydrogen) atoms. The lowest BCUT2D eigenvalue weighted by Crippen LogP contribution is -2.38. The van der Waals surface area contributed by atoms with E-state index in [0.717, 1.165) is 13.0 Å². The van der Waals surface area contributed by atoms with Crippen LogP contribution in [-0.4, -0.2) is 24.5 Å². The van der Waals surface area contributed by atoms with Crippen molar-refractivity contribution in [3.05, 3.63) is 22.4 Å². The summed E-state index contributed by atoms with van der Waals surface area (Å²) in [6, 6.07) is 4.94. The topological polar surface area (TPSA) is 29.3 Å². The van der Waals surface area contributed by atoms with Gasteiger partial charge in [-0.1, -0.05) is 26.3 Å². The second-order valence-corrected chi connectivity index (χ2v) is 5.35. The largest absolute Gasteiger partial charge is 0.326 e. The highest BCUT2D eigenvalue weighted by Gasteiger charge is 2.23. The molecule has 0 spiro atoms. The molecule has 2 atom stereocenters. The first-order valence-electron chi connectivity index (χ1n) is 6.19. The molecule has 2 N–H and O–H groups in total. The normalized spacial score (nSPS) is 15.3. The van der Waals surface area contributed by atoms with Gasteiger partial charge in [0.1, 0.15) is 0 Å². The van der Waals surface area contributed by atoms with Crippen LogP contribution < -0.4 is 5.73 Å². The molecule has 92 valence electrons. The number of rotatable bonds is 7. The predicted octanol–water partition coefficient (Wildman–Crippen LogP) is 3.26. The minimum absolute atomic E-state index is 0.237. The standard InChI is InChI=1S/C13H24N2S/c1-4-6-9-15(3)13(11(14)5-2)12-8-7-10-16-12/h7-8,10-11,13H,4-6,9,14H2,1-3H3. The highest BCUT2D eigenvalue weighted by molar-refractivity contribution is 7.10. The minimum atomic E-state index is 0.237. The van der Waals surface area contributed by atoms with Gasteiger partial charge in [0.05, 0.1) is 6.04 Å². The van der Waals surface area contributed by atoms with Gasteiger partial charge in [-0.15, -0.1) is 11.3 Å². The summed E-state index contributed by atoms with van der Waals surface area (Å²) in [5.74, 6) is 0. The predicted molar refractivity (Wildman–Crippen MR) is 72.9 cm³/mol. The zero-order valence-electron chi connectivity index (χ0n) is 10.6. The van der Waals surface area contributed by atoms with Gasteiger partial charge in [0, 0.05) is 10.9 Å². The average molecular weight is 240 g/mol. The second-order valence-electron chi connectivity index (χ2n) is 4.37. The van der Waals surface area contributed by atoms with Gasteiger partial charge >= 0.3 is 0 Å². The SMILES string of the molecule is CCCCN(C)C(c1cccs1)C(N)CC. The molecule has 0 fully saturated rings. The van der Waals surface area contributed by atoms with E-state index in [-0.39, 0.29) is 6.04 Å². The Labute approximate surface area is 103 Å². The number of nitrogens with zero attached hydrogens (tertiary/aromatic N) is 1. The van der Waals surface area contributed by atoms with Crippen molar-refractivity contribution >= 4 is 11.3 Å². The maximum atomic E-state index is 6.25. The van der Waals surface area contributed by atoms with Gasteiger partial charge in [-0.25, -0.2) is 0 Å². The highest BCUT2D eigenvalue weighted by atomic mass is 32.1. The van der Waals surface area contributed by atoms with E-state index in [9.17, 15) is 0 Å². The monoisotopic (exact) mass is 240 g/mol. The van der Waals surface area contributed by atoms with Crippen molar-refractivity contribution < 1.29 is 0 Å². The molecular formula is C13H24N2S. The summed E-state index contributed by atoms with van der Waals surface area (Å²) >= 11 is 1.81. The van der Waals surface area contributed by atoms with Crippen LogP contribution in [0.3, 0.4) is 0 Å². The number of nitrogens with two attached hydrogens (primary N) is 1. The molecule has 0 saturated heterocycles. The fourth-order valence-corrected chi connectivity index (χ4v) is 2.95. The average Bonchev–Trinajstić information content (AvgIpc) is 2.79. The molecule has 1 aromatic rings. The summed E-state index contributed by atoms with van der Waals surface area (Å²) in [5.41, 5.74) is 6.25. The molecule has 0 aliphatic rings. The second kappa shape index (κ2) is 7.05. The van der Waals surface area contributed by atoms with E-state index in [2.05, 4.69) is 43.3 Å². The molecule has 0 saturated carbocycles. The quantitative estimate of drug-likeness (QED) is 0.792. The fourth-order valence-electron chi connectivity index (χ4n) is 1.98. The molecule has 0 radical (unpaired) electrons. The van der Waals surface area contributed by atoms with Crippen LogP contribution in [0.2, 0.25) is 0 Å². The molecule has 1 heterocycles. The fraction of sp³-hybridized carbons (Fsp3) is 0.692. The van der Waals surface area contributed by atoms with E-state index in [1.54, 1.807) is 0 Å². The van der Waals surface area contributed by atoms with Crippen LogP contribution >= 0.6 is 11.3 Å². The summed E-state index contributed by atoms with van der Waals surface area (Å²) in [6.07, 6.45) is 3.51. The van der Waals surface area contributed by atoms with Crippen LogP contribution in [0.5, 0.6) is 0 Å². The van der Waals surface area contributed by atoms with E-state index in [0.29, 0.717) is 6.04 Å². The number of hydrogen-bond acceptors (Lipinski definition) is 3. The van der Waals surface area contributed by atoms with E-state index < -0.39 is 0 Å². The molecule has 0 amide bonds. The lowest BCUT2D eigenvalue weighted by Gasteiger charge is -2.31. The third-order valence-electron chi connectivity index (χ3n) is 3.05. The van der Waals surface area contributed by atoms with Crippen molar-refractivity contribution in [3.8, 4) is 0 Å². The van der Waals surface area contributed by atoms with Crippen LogP contribution in [0.15, 0.2) is 17.5 Å². The van der Waals surface area contributed by atoms with Crippen LogP contribution in [0.1, 0.15) is 44.0 Å². The van der Waals surface area contributed by atoms with E-state index in [1.165, 1.54) is 17.7 Å². The van der Waals surface area contributed by atoms with E-state index >= 15 is 0 Å². The van der Waals surface area contributed by atoms with Gasteiger partial charge in [0.15, 0.2) is 0 Å². The van der Waals surface area contributed by atoms with Crippen molar-refractivity contribution in [1.82, 2.24) is 4.90 Å². The number of unbranched alkanes of at least 4 members (excludes halogenated alkanes) is 1. The van der Waals surface area contributed by atoms with Gasteiger partial charge in [-0.2, -0.15) is 0 Å². The summed E-state index contributed by atoms with van der Waals surface area (Å²) in [6.45, 7) is 5.53. The summed E-state index contributed by atoms with van der Waals surface area (Å²) in [5, 5.41) is 2.14. The molecule has 3 heteroatoms. The smallest absolute Gasteiger partial charge is 0.0590 e. The zero-order chi connectivity index (χ0) is 12.0. The number of hydrogen-bond donors (Lipinski definition) is 1. The zero-order valence-corrected chi connectivity index (χ0v) is 11.5. The van der Waals surface area contributed by atoms with Gasteiger partial charge in [-0.05, 0) is 37.9 Å². The molecule has 0 aromatic carbocycles. The lowest BCUT2D eigenvalue weighted by molar-refractivity contribution is 0.210. The molecule has 0 aliphatic heterocycles. The third-order valence-corrected chi connectivity index (χ3v) is 3.99. The van der Waals surface area contributed by atoms with Crippen molar-refractivity contribution in [1.29, 1.82) is 0 Å². The van der Waals surface area contributed by atoms with Gasteiger partial charge in [0.2, 0.25) is 0 Å². The Morgan fingerprint density at radius 2 is 2.19 bits per heavy atom. The first kappa shape index (κ1) is 13.7. The van der Waals surface area contributed by atoms with Gasteiger partial charge in [0.25, 0.3) is 0 Å². The van der Waals surface area contributed by atoms with Crippen LogP contribution in [0.25, 0.3) is 0 Å².